The van der Waals surface area contributed by atoms with Crippen molar-refractivity contribution in [2.75, 3.05) is 0 Å². The number of amides is 1. The van der Waals surface area contributed by atoms with Crippen LogP contribution in [-0.4, -0.2) is 43.4 Å². The lowest BCUT2D eigenvalue weighted by atomic mass is 10.0. The molecule has 0 fully saturated rings. The summed E-state index contributed by atoms with van der Waals surface area (Å²) in [6.07, 6.45) is -9.60. The van der Waals surface area contributed by atoms with E-state index in [-0.39, 0.29) is 29.5 Å². The standard InChI is InChI=1S/C15H20F3N3O3S.C14H16ClF3O3S/c1-5-8-6-11(25(23,24)14(2,3)4)10(15(16,17)18)7-9(8)12(22)21-13(19)20;1-5-8-6-11(22(20,21)13(2,3)4)10(14(16,17)18)7-9(8)12(15)19/h6-7H,5H2,1-4H3,(H4,19,20,21,22);6-7H,5H2,1-4H3. The van der Waals surface area contributed by atoms with Crippen LogP contribution >= 0.6 is 11.6 Å². The molecule has 47 heavy (non-hydrogen) atoms. The monoisotopic (exact) mass is 735 g/mol. The number of rotatable bonds is 6. The molecule has 18 heteroatoms. The second-order valence-corrected chi connectivity index (χ2v) is 17.7. The zero-order valence-corrected chi connectivity index (χ0v) is 29.1. The molecule has 9 nitrogen and oxygen atoms in total. The fourth-order valence-electron chi connectivity index (χ4n) is 3.94. The highest BCUT2D eigenvalue weighted by Crippen LogP contribution is 2.41. The molecule has 0 spiro atoms. The first-order valence-electron chi connectivity index (χ1n) is 13.7. The number of carbonyl (C=O) groups excluding carboxylic acids is 2. The van der Waals surface area contributed by atoms with Crippen molar-refractivity contribution in [3.8, 4) is 0 Å². The summed E-state index contributed by atoms with van der Waals surface area (Å²) < 4.78 is 127. The number of alkyl halides is 6. The summed E-state index contributed by atoms with van der Waals surface area (Å²) in [4.78, 5) is 24.9. The third-order valence-corrected chi connectivity index (χ3v) is 11.9. The lowest BCUT2D eigenvalue weighted by molar-refractivity contribution is -0.140. The molecule has 0 aromatic heterocycles. The van der Waals surface area contributed by atoms with E-state index in [4.69, 9.17) is 23.1 Å². The van der Waals surface area contributed by atoms with Crippen molar-refractivity contribution in [2.45, 2.75) is 99.9 Å². The van der Waals surface area contributed by atoms with Crippen LogP contribution in [0.15, 0.2) is 39.0 Å². The van der Waals surface area contributed by atoms with Gasteiger partial charge in [0.05, 0.1) is 30.4 Å². The average molecular weight is 736 g/mol. The predicted molar refractivity (Wildman–Crippen MR) is 166 cm³/mol. The third-order valence-electron chi connectivity index (χ3n) is 6.65. The van der Waals surface area contributed by atoms with E-state index in [1.165, 1.54) is 41.5 Å². The molecule has 4 N–H and O–H groups in total. The molecule has 0 unspecified atom stereocenters. The molecule has 0 heterocycles. The number of halogens is 7. The van der Waals surface area contributed by atoms with Gasteiger partial charge < -0.3 is 11.5 Å². The lowest BCUT2D eigenvalue weighted by Gasteiger charge is -2.23. The number of guanidine groups is 1. The van der Waals surface area contributed by atoms with Gasteiger partial charge in [-0.15, -0.1) is 0 Å². The van der Waals surface area contributed by atoms with Gasteiger partial charge in [-0.05, 0) is 101 Å². The van der Waals surface area contributed by atoms with Crippen LogP contribution < -0.4 is 11.5 Å². The summed E-state index contributed by atoms with van der Waals surface area (Å²) in [6, 6.07) is 2.79. The fraction of sp³-hybridized carbons (Fsp3) is 0.483. The number of sulfone groups is 2. The van der Waals surface area contributed by atoms with Crippen LogP contribution in [0.4, 0.5) is 26.3 Å². The van der Waals surface area contributed by atoms with Crippen LogP contribution in [0.25, 0.3) is 0 Å². The molecular formula is C29H36ClF6N3O6S2. The maximum Gasteiger partial charge on any atom is 0.417 e. The first-order chi connectivity index (χ1) is 20.9. The van der Waals surface area contributed by atoms with Gasteiger partial charge in [0.1, 0.15) is 0 Å². The maximum atomic E-state index is 13.4. The molecule has 2 aromatic carbocycles. The van der Waals surface area contributed by atoms with E-state index in [0.29, 0.717) is 12.1 Å². The molecule has 0 aliphatic heterocycles. The van der Waals surface area contributed by atoms with Gasteiger partial charge in [0, 0.05) is 11.1 Å². The van der Waals surface area contributed by atoms with Crippen molar-refractivity contribution in [3.05, 3.63) is 57.6 Å². The Kier molecular flexibility index (Phi) is 12.6. The Bertz CT molecular complexity index is 1790. The number of aliphatic imine (C=N–C) groups is 1. The van der Waals surface area contributed by atoms with Gasteiger partial charge >= 0.3 is 12.4 Å². The summed E-state index contributed by atoms with van der Waals surface area (Å²) in [5, 5.41) is -1.05. The molecule has 0 radical (unpaired) electrons. The molecule has 264 valence electrons. The molecule has 0 aliphatic carbocycles. The average Bonchev–Trinajstić information content (AvgIpc) is 2.88. The molecule has 0 bridgehead atoms. The summed E-state index contributed by atoms with van der Waals surface area (Å²) in [5.74, 6) is -1.67. The Labute approximate surface area is 274 Å². The third kappa shape index (κ3) is 9.47. The van der Waals surface area contributed by atoms with E-state index in [1.807, 2.05) is 0 Å². The fourth-order valence-corrected chi connectivity index (χ4v) is 6.95. The number of hydrogen-bond donors (Lipinski definition) is 2. The molecule has 0 atom stereocenters. The first-order valence-corrected chi connectivity index (χ1v) is 17.0. The van der Waals surface area contributed by atoms with Gasteiger partial charge in [0.2, 0.25) is 0 Å². The van der Waals surface area contributed by atoms with E-state index >= 15 is 0 Å². The molecular weight excluding hydrogens is 700 g/mol. The molecule has 2 aromatic rings. The van der Waals surface area contributed by atoms with Gasteiger partial charge in [0.15, 0.2) is 25.6 Å². The lowest BCUT2D eigenvalue weighted by Crippen LogP contribution is -2.30. The van der Waals surface area contributed by atoms with Crippen LogP contribution in [0, 0.1) is 0 Å². The number of nitrogens with zero attached hydrogens (tertiary/aromatic N) is 1. The smallest absolute Gasteiger partial charge is 0.370 e. The van der Waals surface area contributed by atoms with Gasteiger partial charge in [-0.25, -0.2) is 16.8 Å². The second kappa shape index (κ2) is 14.1. The maximum absolute atomic E-state index is 13.4. The highest BCUT2D eigenvalue weighted by atomic mass is 35.5. The normalized spacial score (nSPS) is 13.0. The van der Waals surface area contributed by atoms with Gasteiger partial charge in [-0.3, -0.25) is 9.59 Å². The minimum absolute atomic E-state index is 0.103. The summed E-state index contributed by atoms with van der Waals surface area (Å²) >= 11 is 5.31. The Morgan fingerprint density at radius 2 is 1.00 bits per heavy atom. The number of hydrogen-bond acceptors (Lipinski definition) is 6. The van der Waals surface area contributed by atoms with Crippen molar-refractivity contribution in [1.82, 2.24) is 0 Å². The topological polar surface area (TPSA) is 167 Å². The Morgan fingerprint density at radius 1 is 0.681 bits per heavy atom. The van der Waals surface area contributed by atoms with E-state index in [2.05, 4.69) is 4.99 Å². The zero-order valence-electron chi connectivity index (χ0n) is 26.7. The zero-order chi connectivity index (χ0) is 37.3. The van der Waals surface area contributed by atoms with Gasteiger partial charge in [0.25, 0.3) is 11.1 Å². The van der Waals surface area contributed by atoms with E-state index in [1.54, 1.807) is 13.8 Å². The molecule has 0 saturated heterocycles. The quantitative estimate of drug-likeness (QED) is 0.147. The number of nitrogens with two attached hydrogens (primary N) is 2. The van der Waals surface area contributed by atoms with Crippen LogP contribution in [0.5, 0.6) is 0 Å². The van der Waals surface area contributed by atoms with E-state index in [9.17, 15) is 52.8 Å². The number of benzene rings is 2. The first kappa shape index (κ1) is 41.8. The number of aryl methyl sites for hydroxylation is 2. The van der Waals surface area contributed by atoms with Crippen LogP contribution in [0.1, 0.15) is 98.4 Å². The van der Waals surface area contributed by atoms with Crippen LogP contribution in [0.2, 0.25) is 0 Å². The van der Waals surface area contributed by atoms with Crippen LogP contribution in [-0.2, 0) is 44.9 Å². The Hall–Kier alpha value is -3.18. The predicted octanol–water partition coefficient (Wildman–Crippen LogP) is 6.47. The van der Waals surface area contributed by atoms with Crippen molar-refractivity contribution in [3.63, 3.8) is 0 Å². The number of carbonyl (C=O) groups is 2. The molecule has 2 rings (SSSR count). The molecule has 0 saturated carbocycles. The second-order valence-electron chi connectivity index (χ2n) is 12.1. The van der Waals surface area contributed by atoms with Gasteiger partial charge in [-0.2, -0.15) is 31.3 Å². The van der Waals surface area contributed by atoms with E-state index in [0.717, 1.165) is 12.1 Å². The SMILES string of the molecule is CCc1cc(S(=O)(=O)C(C)(C)C)c(C(F)(F)F)cc1C(=O)Cl.CCc1cc(S(=O)(=O)C(C)(C)C)c(C(F)(F)F)cc1C(=O)N=C(N)N. The Balaban J connectivity index is 0.000000474. The molecule has 0 aliphatic rings. The highest BCUT2D eigenvalue weighted by molar-refractivity contribution is 7.93. The van der Waals surface area contributed by atoms with Crippen molar-refractivity contribution in [1.29, 1.82) is 0 Å². The molecule has 1 amide bonds. The minimum atomic E-state index is -4.98. The van der Waals surface area contributed by atoms with Crippen molar-refractivity contribution < 1.29 is 52.8 Å². The van der Waals surface area contributed by atoms with Crippen LogP contribution in [0.3, 0.4) is 0 Å². The summed E-state index contributed by atoms with van der Waals surface area (Å²) in [6.45, 7) is 11.0. The highest BCUT2D eigenvalue weighted by Gasteiger charge is 2.43. The summed E-state index contributed by atoms with van der Waals surface area (Å²) in [5.41, 5.74) is 6.93. The summed E-state index contributed by atoms with van der Waals surface area (Å²) in [7, 11) is -8.54. The Morgan fingerprint density at radius 3 is 1.26 bits per heavy atom. The van der Waals surface area contributed by atoms with Gasteiger partial charge in [-0.1, -0.05) is 13.8 Å². The van der Waals surface area contributed by atoms with Crippen molar-refractivity contribution in [2.24, 2.45) is 16.5 Å². The minimum Gasteiger partial charge on any atom is -0.370 e. The van der Waals surface area contributed by atoms with E-state index < -0.39 is 85.1 Å². The van der Waals surface area contributed by atoms with Crippen molar-refractivity contribution >= 4 is 48.4 Å². The largest absolute Gasteiger partial charge is 0.417 e.